The van der Waals surface area contributed by atoms with Crippen molar-refractivity contribution in [3.8, 4) is 0 Å². The number of aromatic nitrogens is 1. The van der Waals surface area contributed by atoms with Gasteiger partial charge in [0.2, 0.25) is 0 Å². The number of carbonyl (C=O) groups excluding carboxylic acids is 1. The summed E-state index contributed by atoms with van der Waals surface area (Å²) in [6, 6.07) is 3.40. The molecule has 0 aliphatic carbocycles. The number of pyridine rings is 1. The molecular weight excluding hydrogens is 222 g/mol. The van der Waals surface area contributed by atoms with Gasteiger partial charge in [0, 0.05) is 23.6 Å². The summed E-state index contributed by atoms with van der Waals surface area (Å²) < 4.78 is 0. The van der Waals surface area contributed by atoms with Gasteiger partial charge in [0.1, 0.15) is 5.82 Å². The minimum atomic E-state index is -0.0988. The van der Waals surface area contributed by atoms with E-state index in [9.17, 15) is 4.79 Å². The summed E-state index contributed by atoms with van der Waals surface area (Å²) in [5.41, 5.74) is 6.07. The molecule has 1 aromatic heterocycles. The van der Waals surface area contributed by atoms with E-state index in [0.29, 0.717) is 11.4 Å². The smallest absolute Gasteiger partial charge is 0.251 e. The van der Waals surface area contributed by atoms with E-state index < -0.39 is 0 Å². The number of rotatable bonds is 5. The van der Waals surface area contributed by atoms with Crippen LogP contribution in [-0.4, -0.2) is 28.4 Å². The van der Waals surface area contributed by atoms with Gasteiger partial charge >= 0.3 is 0 Å². The summed E-state index contributed by atoms with van der Waals surface area (Å²) in [5, 5.41) is 2.92. The van der Waals surface area contributed by atoms with E-state index in [1.54, 1.807) is 23.9 Å². The standard InChI is InChI=1S/C11H17N3OS/c1-3-16-7-8(2)14-11(15)9-4-5-13-10(12)6-9/h4-6,8H,3,7H2,1-2H3,(H2,12,13)(H,14,15). The van der Waals surface area contributed by atoms with Crippen molar-refractivity contribution in [2.24, 2.45) is 0 Å². The van der Waals surface area contributed by atoms with Crippen LogP contribution < -0.4 is 11.1 Å². The van der Waals surface area contributed by atoms with Crippen molar-refractivity contribution in [3.05, 3.63) is 23.9 Å². The second-order valence-corrected chi connectivity index (χ2v) is 4.82. The molecule has 88 valence electrons. The molecule has 0 saturated carbocycles. The number of nitrogens with one attached hydrogen (secondary N) is 1. The summed E-state index contributed by atoms with van der Waals surface area (Å²) in [7, 11) is 0. The van der Waals surface area contributed by atoms with Crippen molar-refractivity contribution < 1.29 is 4.79 Å². The fraction of sp³-hybridized carbons (Fsp3) is 0.455. The normalized spacial score (nSPS) is 12.1. The summed E-state index contributed by atoms with van der Waals surface area (Å²) >= 11 is 1.80. The van der Waals surface area contributed by atoms with Gasteiger partial charge in [0.05, 0.1) is 0 Å². The maximum Gasteiger partial charge on any atom is 0.251 e. The van der Waals surface area contributed by atoms with E-state index in [4.69, 9.17) is 5.73 Å². The number of hydrogen-bond donors (Lipinski definition) is 2. The molecule has 1 aromatic rings. The molecule has 0 saturated heterocycles. The zero-order valence-electron chi connectivity index (χ0n) is 9.56. The predicted octanol–water partition coefficient (Wildman–Crippen LogP) is 1.54. The van der Waals surface area contributed by atoms with Crippen LogP contribution in [-0.2, 0) is 0 Å². The van der Waals surface area contributed by atoms with Crippen molar-refractivity contribution in [2.45, 2.75) is 19.9 Å². The van der Waals surface area contributed by atoms with Gasteiger partial charge in [-0.3, -0.25) is 4.79 Å². The Morgan fingerprint density at radius 2 is 2.44 bits per heavy atom. The number of hydrogen-bond acceptors (Lipinski definition) is 4. The van der Waals surface area contributed by atoms with Gasteiger partial charge in [-0.1, -0.05) is 6.92 Å². The van der Waals surface area contributed by atoms with E-state index in [2.05, 4.69) is 17.2 Å². The molecule has 0 spiro atoms. The first kappa shape index (κ1) is 12.8. The number of carbonyl (C=O) groups is 1. The monoisotopic (exact) mass is 239 g/mol. The molecule has 0 aromatic carbocycles. The molecule has 0 bridgehead atoms. The summed E-state index contributed by atoms with van der Waals surface area (Å²) in [4.78, 5) is 15.6. The molecule has 0 aliphatic heterocycles. The zero-order chi connectivity index (χ0) is 12.0. The molecule has 1 unspecified atom stereocenters. The molecule has 4 nitrogen and oxygen atoms in total. The number of anilines is 1. The van der Waals surface area contributed by atoms with Crippen molar-refractivity contribution >= 4 is 23.5 Å². The van der Waals surface area contributed by atoms with Gasteiger partial charge in [-0.15, -0.1) is 0 Å². The van der Waals surface area contributed by atoms with Crippen LogP contribution in [0.5, 0.6) is 0 Å². The highest BCUT2D eigenvalue weighted by Crippen LogP contribution is 2.05. The van der Waals surface area contributed by atoms with E-state index in [1.165, 1.54) is 6.20 Å². The Morgan fingerprint density at radius 1 is 1.69 bits per heavy atom. The van der Waals surface area contributed by atoms with Crippen molar-refractivity contribution in [2.75, 3.05) is 17.2 Å². The van der Waals surface area contributed by atoms with Gasteiger partial charge in [0.15, 0.2) is 0 Å². The number of amides is 1. The van der Waals surface area contributed by atoms with Crippen LogP contribution in [0.3, 0.4) is 0 Å². The Bertz CT molecular complexity index is 357. The van der Waals surface area contributed by atoms with Crippen LogP contribution in [0.25, 0.3) is 0 Å². The Hall–Kier alpha value is -1.23. The Kier molecular flexibility index (Phi) is 5.11. The maximum absolute atomic E-state index is 11.8. The van der Waals surface area contributed by atoms with Crippen molar-refractivity contribution in [3.63, 3.8) is 0 Å². The molecule has 1 atom stereocenters. The van der Waals surface area contributed by atoms with Crippen molar-refractivity contribution in [1.82, 2.24) is 10.3 Å². The van der Waals surface area contributed by atoms with E-state index >= 15 is 0 Å². The van der Waals surface area contributed by atoms with E-state index in [1.807, 2.05) is 6.92 Å². The number of nitrogens with zero attached hydrogens (tertiary/aromatic N) is 1. The molecule has 0 fully saturated rings. The summed E-state index contributed by atoms with van der Waals surface area (Å²) in [5.74, 6) is 2.24. The number of thioether (sulfide) groups is 1. The fourth-order valence-corrected chi connectivity index (χ4v) is 1.91. The lowest BCUT2D eigenvalue weighted by Crippen LogP contribution is -2.34. The first-order valence-corrected chi connectivity index (χ1v) is 6.39. The summed E-state index contributed by atoms with van der Waals surface area (Å²) in [6.07, 6.45) is 1.54. The van der Waals surface area contributed by atoms with Gasteiger partial charge in [-0.05, 0) is 24.8 Å². The van der Waals surface area contributed by atoms with Gasteiger partial charge < -0.3 is 11.1 Å². The van der Waals surface area contributed by atoms with Crippen molar-refractivity contribution in [1.29, 1.82) is 0 Å². The number of nitrogens with two attached hydrogens (primary N) is 1. The average Bonchev–Trinajstić information content (AvgIpc) is 2.26. The molecule has 3 N–H and O–H groups in total. The maximum atomic E-state index is 11.8. The second kappa shape index (κ2) is 6.37. The zero-order valence-corrected chi connectivity index (χ0v) is 10.4. The predicted molar refractivity (Wildman–Crippen MR) is 68.6 cm³/mol. The SMILES string of the molecule is CCSCC(C)NC(=O)c1ccnc(N)c1. The Morgan fingerprint density at radius 3 is 3.06 bits per heavy atom. The van der Waals surface area contributed by atoms with Crippen LogP contribution in [0.15, 0.2) is 18.3 Å². The first-order chi connectivity index (χ1) is 7.63. The molecule has 5 heteroatoms. The van der Waals surface area contributed by atoms with Crippen LogP contribution in [0.1, 0.15) is 24.2 Å². The molecular formula is C11H17N3OS. The molecule has 1 rings (SSSR count). The molecule has 1 amide bonds. The lowest BCUT2D eigenvalue weighted by atomic mass is 10.2. The minimum absolute atomic E-state index is 0.0988. The third kappa shape index (κ3) is 4.10. The Labute approximate surface area is 100 Å². The lowest BCUT2D eigenvalue weighted by Gasteiger charge is -2.13. The average molecular weight is 239 g/mol. The highest BCUT2D eigenvalue weighted by atomic mass is 32.2. The van der Waals surface area contributed by atoms with Crippen LogP contribution in [0.2, 0.25) is 0 Å². The van der Waals surface area contributed by atoms with Crippen LogP contribution >= 0.6 is 11.8 Å². The molecule has 0 aliphatic rings. The van der Waals surface area contributed by atoms with Gasteiger partial charge in [-0.25, -0.2) is 4.98 Å². The third-order valence-electron chi connectivity index (χ3n) is 1.99. The quantitative estimate of drug-likeness (QED) is 0.817. The Balaban J connectivity index is 2.52. The second-order valence-electron chi connectivity index (χ2n) is 3.50. The van der Waals surface area contributed by atoms with Crippen LogP contribution in [0.4, 0.5) is 5.82 Å². The van der Waals surface area contributed by atoms with Crippen LogP contribution in [0, 0.1) is 0 Å². The topological polar surface area (TPSA) is 68.0 Å². The highest BCUT2D eigenvalue weighted by molar-refractivity contribution is 7.99. The highest BCUT2D eigenvalue weighted by Gasteiger charge is 2.09. The molecule has 16 heavy (non-hydrogen) atoms. The first-order valence-electron chi connectivity index (χ1n) is 5.23. The minimum Gasteiger partial charge on any atom is -0.384 e. The molecule has 0 radical (unpaired) electrons. The lowest BCUT2D eigenvalue weighted by molar-refractivity contribution is 0.0943. The molecule has 1 heterocycles. The van der Waals surface area contributed by atoms with E-state index in [0.717, 1.165) is 11.5 Å². The summed E-state index contributed by atoms with van der Waals surface area (Å²) in [6.45, 7) is 4.09. The largest absolute Gasteiger partial charge is 0.384 e. The van der Waals surface area contributed by atoms with Gasteiger partial charge in [0.25, 0.3) is 5.91 Å². The van der Waals surface area contributed by atoms with Gasteiger partial charge in [-0.2, -0.15) is 11.8 Å². The van der Waals surface area contributed by atoms with E-state index in [-0.39, 0.29) is 11.9 Å². The fourth-order valence-electron chi connectivity index (χ4n) is 1.23. The number of nitrogen functional groups attached to an aromatic ring is 1. The third-order valence-corrected chi connectivity index (χ3v) is 3.14.